The molecule has 1 atom stereocenters. The molecule has 0 radical (unpaired) electrons. The first kappa shape index (κ1) is 17.5. The minimum atomic E-state index is 0.588. The van der Waals surface area contributed by atoms with E-state index in [-0.39, 0.29) is 0 Å². The molecule has 0 N–H and O–H groups in total. The second-order valence-corrected chi connectivity index (χ2v) is 5.47. The fourth-order valence-electron chi connectivity index (χ4n) is 2.02. The van der Waals surface area contributed by atoms with Gasteiger partial charge in [-0.3, -0.25) is 0 Å². The maximum absolute atomic E-state index is 5.63. The molecule has 0 heterocycles. The summed E-state index contributed by atoms with van der Waals surface area (Å²) in [6, 6.07) is 8.28. The van der Waals surface area contributed by atoms with Crippen LogP contribution in [0.25, 0.3) is 0 Å². The van der Waals surface area contributed by atoms with Gasteiger partial charge in [0.05, 0.1) is 7.11 Å². The van der Waals surface area contributed by atoms with E-state index >= 15 is 0 Å². The first-order valence-electron chi connectivity index (χ1n) is 7.05. The Morgan fingerprint density at radius 1 is 1.15 bits per heavy atom. The van der Waals surface area contributed by atoms with Gasteiger partial charge in [-0.15, -0.1) is 0 Å². The molecule has 114 valence electrons. The van der Waals surface area contributed by atoms with Gasteiger partial charge in [0.2, 0.25) is 0 Å². The maximum Gasteiger partial charge on any atom is 0.119 e. The van der Waals surface area contributed by atoms with E-state index in [1.165, 1.54) is 5.56 Å². The summed E-state index contributed by atoms with van der Waals surface area (Å²) < 4.78 is 15.9. The van der Waals surface area contributed by atoms with Crippen LogP contribution in [0.4, 0.5) is 0 Å². The van der Waals surface area contributed by atoms with Crippen molar-refractivity contribution in [3.8, 4) is 5.75 Å². The van der Waals surface area contributed by atoms with Crippen LogP contribution >= 0.6 is 15.9 Å². The monoisotopic (exact) mass is 344 g/mol. The van der Waals surface area contributed by atoms with E-state index in [9.17, 15) is 0 Å². The summed E-state index contributed by atoms with van der Waals surface area (Å²) in [5.41, 5.74) is 1.31. The summed E-state index contributed by atoms with van der Waals surface area (Å²) in [7, 11) is 3.42. The van der Waals surface area contributed by atoms with Gasteiger partial charge in [-0.2, -0.15) is 0 Å². The van der Waals surface area contributed by atoms with Gasteiger partial charge < -0.3 is 14.2 Å². The van der Waals surface area contributed by atoms with Crippen molar-refractivity contribution >= 4 is 15.9 Å². The van der Waals surface area contributed by atoms with Crippen molar-refractivity contribution in [2.24, 2.45) is 5.92 Å². The molecular weight excluding hydrogens is 320 g/mol. The first-order chi connectivity index (χ1) is 9.80. The molecule has 0 aliphatic carbocycles. The largest absolute Gasteiger partial charge is 0.497 e. The molecule has 4 heteroatoms. The molecule has 0 amide bonds. The predicted molar refractivity (Wildman–Crippen MR) is 85.9 cm³/mol. The van der Waals surface area contributed by atoms with Crippen molar-refractivity contribution in [3.63, 3.8) is 0 Å². The zero-order valence-electron chi connectivity index (χ0n) is 12.4. The average Bonchev–Trinajstić information content (AvgIpc) is 2.49. The third kappa shape index (κ3) is 7.27. The summed E-state index contributed by atoms with van der Waals surface area (Å²) in [5, 5.41) is 0.992. The Hall–Kier alpha value is -0.580. The van der Waals surface area contributed by atoms with Crippen molar-refractivity contribution in [2.45, 2.75) is 19.3 Å². The Balaban J connectivity index is 2.27. The molecule has 0 saturated heterocycles. The molecule has 1 aromatic rings. The second-order valence-electron chi connectivity index (χ2n) is 4.82. The van der Waals surface area contributed by atoms with Crippen molar-refractivity contribution in [1.82, 2.24) is 0 Å². The molecule has 0 spiro atoms. The molecule has 0 aliphatic rings. The fraction of sp³-hybridized carbons (Fsp3) is 0.625. The number of hydrogen-bond donors (Lipinski definition) is 0. The Labute approximate surface area is 130 Å². The van der Waals surface area contributed by atoms with Crippen LogP contribution in [0.5, 0.6) is 5.75 Å². The van der Waals surface area contributed by atoms with E-state index in [0.29, 0.717) is 5.92 Å². The van der Waals surface area contributed by atoms with E-state index in [2.05, 4.69) is 28.1 Å². The number of benzene rings is 1. The number of ether oxygens (including phenoxy) is 3. The summed E-state index contributed by atoms with van der Waals surface area (Å²) in [6.07, 6.45) is 3.07. The molecule has 0 bridgehead atoms. The number of rotatable bonds is 11. The van der Waals surface area contributed by atoms with Crippen LogP contribution in [0.2, 0.25) is 0 Å². The molecule has 20 heavy (non-hydrogen) atoms. The third-order valence-electron chi connectivity index (χ3n) is 3.18. The Morgan fingerprint density at radius 3 is 2.70 bits per heavy atom. The molecular formula is C16H25BrO3. The lowest BCUT2D eigenvalue weighted by Gasteiger charge is -2.15. The number of hydrogen-bond acceptors (Lipinski definition) is 3. The quantitative estimate of drug-likeness (QED) is 0.452. The van der Waals surface area contributed by atoms with Crippen LogP contribution in [0.3, 0.4) is 0 Å². The average molecular weight is 345 g/mol. The van der Waals surface area contributed by atoms with Crippen LogP contribution in [0.15, 0.2) is 24.3 Å². The molecule has 1 aromatic carbocycles. The summed E-state index contributed by atoms with van der Waals surface area (Å²) in [5.74, 6) is 1.51. The Morgan fingerprint density at radius 2 is 2.00 bits per heavy atom. The summed E-state index contributed by atoms with van der Waals surface area (Å²) in [4.78, 5) is 0. The van der Waals surface area contributed by atoms with E-state index in [0.717, 1.165) is 50.2 Å². The zero-order chi connectivity index (χ0) is 14.6. The van der Waals surface area contributed by atoms with Gasteiger partial charge in [0.1, 0.15) is 5.75 Å². The lowest BCUT2D eigenvalue weighted by Crippen LogP contribution is -2.11. The highest BCUT2D eigenvalue weighted by Crippen LogP contribution is 2.19. The van der Waals surface area contributed by atoms with Crippen LogP contribution in [-0.2, 0) is 15.9 Å². The Kier molecular flexibility index (Phi) is 9.71. The van der Waals surface area contributed by atoms with Gasteiger partial charge in [-0.05, 0) is 42.9 Å². The van der Waals surface area contributed by atoms with E-state index in [1.807, 2.05) is 12.1 Å². The Bertz CT molecular complexity index is 357. The van der Waals surface area contributed by atoms with Crippen LogP contribution in [0, 0.1) is 5.92 Å². The smallest absolute Gasteiger partial charge is 0.119 e. The van der Waals surface area contributed by atoms with Crippen molar-refractivity contribution < 1.29 is 14.2 Å². The van der Waals surface area contributed by atoms with Gasteiger partial charge in [0, 0.05) is 32.3 Å². The molecule has 1 unspecified atom stereocenters. The third-order valence-corrected chi connectivity index (χ3v) is 4.10. The van der Waals surface area contributed by atoms with E-state index in [4.69, 9.17) is 14.2 Å². The highest BCUT2D eigenvalue weighted by atomic mass is 79.9. The zero-order valence-corrected chi connectivity index (χ0v) is 14.0. The minimum Gasteiger partial charge on any atom is -0.497 e. The van der Waals surface area contributed by atoms with Gasteiger partial charge in [0.25, 0.3) is 0 Å². The number of alkyl halides is 1. The number of halogens is 1. The van der Waals surface area contributed by atoms with Crippen LogP contribution < -0.4 is 4.74 Å². The lowest BCUT2D eigenvalue weighted by molar-refractivity contribution is 0.0953. The van der Waals surface area contributed by atoms with Crippen LogP contribution in [-0.4, -0.2) is 39.4 Å². The molecule has 0 aromatic heterocycles. The van der Waals surface area contributed by atoms with E-state index in [1.54, 1.807) is 14.2 Å². The van der Waals surface area contributed by atoms with Crippen molar-refractivity contribution in [2.75, 3.05) is 39.4 Å². The standard InChI is InChI=1S/C16H25BrO3/c1-18-8-4-9-20-10-7-15(13-17)11-14-5-3-6-16(12-14)19-2/h3,5-6,12,15H,4,7-11,13H2,1-2H3. The van der Waals surface area contributed by atoms with Gasteiger partial charge >= 0.3 is 0 Å². The molecule has 1 rings (SSSR count). The first-order valence-corrected chi connectivity index (χ1v) is 8.18. The summed E-state index contributed by atoms with van der Waals surface area (Å²) in [6.45, 7) is 2.36. The van der Waals surface area contributed by atoms with Gasteiger partial charge in [-0.25, -0.2) is 0 Å². The SMILES string of the molecule is COCCCOCCC(CBr)Cc1cccc(OC)c1. The van der Waals surface area contributed by atoms with Crippen molar-refractivity contribution in [1.29, 1.82) is 0 Å². The highest BCUT2D eigenvalue weighted by molar-refractivity contribution is 9.09. The van der Waals surface area contributed by atoms with Gasteiger partial charge in [0.15, 0.2) is 0 Å². The second kappa shape index (κ2) is 11.1. The summed E-state index contributed by atoms with van der Waals surface area (Å²) >= 11 is 3.60. The van der Waals surface area contributed by atoms with Gasteiger partial charge in [-0.1, -0.05) is 28.1 Å². The highest BCUT2D eigenvalue weighted by Gasteiger charge is 2.09. The number of methoxy groups -OCH3 is 2. The lowest BCUT2D eigenvalue weighted by atomic mass is 9.98. The predicted octanol–water partition coefficient (Wildman–Crippen LogP) is 3.69. The topological polar surface area (TPSA) is 27.7 Å². The fourth-order valence-corrected chi connectivity index (χ4v) is 2.58. The molecule has 0 fully saturated rings. The normalized spacial score (nSPS) is 12.3. The minimum absolute atomic E-state index is 0.588. The maximum atomic E-state index is 5.63. The molecule has 0 aliphatic heterocycles. The van der Waals surface area contributed by atoms with E-state index < -0.39 is 0 Å². The molecule has 3 nitrogen and oxygen atoms in total. The molecule has 0 saturated carbocycles. The van der Waals surface area contributed by atoms with Crippen molar-refractivity contribution in [3.05, 3.63) is 29.8 Å². The van der Waals surface area contributed by atoms with Crippen LogP contribution in [0.1, 0.15) is 18.4 Å².